The number of hydrogen-bond donors (Lipinski definition) is 3. The van der Waals surface area contributed by atoms with Crippen LogP contribution in [0.25, 0.3) is 6.08 Å². The summed E-state index contributed by atoms with van der Waals surface area (Å²) in [6.45, 7) is 4.39. The van der Waals surface area contributed by atoms with Gasteiger partial charge in [-0.15, -0.1) is 0 Å². The van der Waals surface area contributed by atoms with Crippen LogP contribution in [0.5, 0.6) is 0 Å². The van der Waals surface area contributed by atoms with E-state index >= 15 is 0 Å². The maximum atomic E-state index is 11.2. The van der Waals surface area contributed by atoms with E-state index in [1.54, 1.807) is 11.6 Å². The third-order valence-electron chi connectivity index (χ3n) is 4.90. The van der Waals surface area contributed by atoms with Crippen LogP contribution in [-0.4, -0.2) is 37.3 Å². The van der Waals surface area contributed by atoms with Crippen molar-refractivity contribution < 1.29 is 10.0 Å². The SMILES string of the molecule is O=C(/C=C/c1ccccc1N1CCC2(CCNCC2)C1)NO. The van der Waals surface area contributed by atoms with Gasteiger partial charge in [-0.2, -0.15) is 0 Å². The molecule has 0 bridgehead atoms. The number of piperidine rings is 1. The number of benzene rings is 1. The molecule has 118 valence electrons. The number of hydroxylamine groups is 1. The molecule has 22 heavy (non-hydrogen) atoms. The molecule has 1 aromatic carbocycles. The van der Waals surface area contributed by atoms with Gasteiger partial charge in [-0.05, 0) is 55.5 Å². The Labute approximate surface area is 131 Å². The highest BCUT2D eigenvalue weighted by molar-refractivity contribution is 5.91. The highest BCUT2D eigenvalue weighted by Gasteiger charge is 2.39. The van der Waals surface area contributed by atoms with Crippen molar-refractivity contribution in [2.45, 2.75) is 19.3 Å². The number of carbonyl (C=O) groups excluding carboxylic acids is 1. The maximum Gasteiger partial charge on any atom is 0.267 e. The standard InChI is InChI=1S/C17H23N3O2/c21-16(19-22)6-5-14-3-1-2-4-15(14)20-12-9-17(13-20)7-10-18-11-8-17/h1-6,18,22H,7-13H2,(H,19,21)/b6-5+. The van der Waals surface area contributed by atoms with Gasteiger partial charge in [0.25, 0.3) is 5.91 Å². The van der Waals surface area contributed by atoms with E-state index in [0.29, 0.717) is 5.41 Å². The Bertz CT molecular complexity index is 565. The van der Waals surface area contributed by atoms with Crippen molar-refractivity contribution in [3.05, 3.63) is 35.9 Å². The molecule has 2 aliphatic heterocycles. The monoisotopic (exact) mass is 301 g/mol. The Morgan fingerprint density at radius 1 is 1.27 bits per heavy atom. The van der Waals surface area contributed by atoms with Crippen LogP contribution in [0.4, 0.5) is 5.69 Å². The molecule has 1 aromatic rings. The molecule has 5 heteroatoms. The first kappa shape index (κ1) is 15.1. The molecule has 0 atom stereocenters. The van der Waals surface area contributed by atoms with E-state index in [2.05, 4.69) is 16.3 Å². The molecule has 3 N–H and O–H groups in total. The highest BCUT2D eigenvalue weighted by Crippen LogP contribution is 2.41. The quantitative estimate of drug-likeness (QED) is 0.452. The summed E-state index contributed by atoms with van der Waals surface area (Å²) < 4.78 is 0. The zero-order valence-corrected chi connectivity index (χ0v) is 12.7. The number of para-hydroxylation sites is 1. The van der Waals surface area contributed by atoms with Crippen LogP contribution < -0.4 is 15.7 Å². The molecule has 2 aliphatic rings. The number of carbonyl (C=O) groups is 1. The van der Waals surface area contributed by atoms with Crippen LogP contribution in [-0.2, 0) is 4.79 Å². The van der Waals surface area contributed by atoms with E-state index in [-0.39, 0.29) is 0 Å². The van der Waals surface area contributed by atoms with Gasteiger partial charge in [-0.3, -0.25) is 10.0 Å². The van der Waals surface area contributed by atoms with E-state index in [0.717, 1.165) is 31.7 Å². The van der Waals surface area contributed by atoms with Gasteiger partial charge in [-0.1, -0.05) is 18.2 Å². The van der Waals surface area contributed by atoms with Crippen LogP contribution in [0.1, 0.15) is 24.8 Å². The fourth-order valence-electron chi connectivity index (χ4n) is 3.63. The van der Waals surface area contributed by atoms with Crippen LogP contribution in [0.15, 0.2) is 30.3 Å². The summed E-state index contributed by atoms with van der Waals surface area (Å²) in [6.07, 6.45) is 6.84. The maximum absolute atomic E-state index is 11.2. The van der Waals surface area contributed by atoms with Crippen molar-refractivity contribution in [1.29, 1.82) is 0 Å². The third-order valence-corrected chi connectivity index (χ3v) is 4.90. The Kier molecular flexibility index (Phi) is 4.45. The summed E-state index contributed by atoms with van der Waals surface area (Å²) in [5.41, 5.74) is 4.25. The first-order valence-electron chi connectivity index (χ1n) is 7.89. The van der Waals surface area contributed by atoms with Crippen molar-refractivity contribution in [1.82, 2.24) is 10.8 Å². The number of nitrogens with zero attached hydrogens (tertiary/aromatic N) is 1. The molecule has 0 radical (unpaired) electrons. The Hall–Kier alpha value is -1.85. The Morgan fingerprint density at radius 2 is 2.05 bits per heavy atom. The zero-order valence-electron chi connectivity index (χ0n) is 12.7. The normalized spacial score (nSPS) is 20.7. The molecule has 0 aromatic heterocycles. The predicted octanol–water partition coefficient (Wildman–Crippen LogP) is 1.79. The molecule has 2 heterocycles. The third kappa shape index (κ3) is 3.15. The fourth-order valence-corrected chi connectivity index (χ4v) is 3.63. The number of nitrogens with one attached hydrogen (secondary N) is 2. The molecule has 1 spiro atoms. The largest absolute Gasteiger partial charge is 0.370 e. The summed E-state index contributed by atoms with van der Waals surface area (Å²) in [5, 5.41) is 12.0. The Morgan fingerprint density at radius 3 is 2.82 bits per heavy atom. The van der Waals surface area contributed by atoms with Crippen molar-refractivity contribution >= 4 is 17.7 Å². The van der Waals surface area contributed by atoms with Gasteiger partial charge >= 0.3 is 0 Å². The minimum Gasteiger partial charge on any atom is -0.370 e. The lowest BCUT2D eigenvalue weighted by atomic mass is 9.78. The van der Waals surface area contributed by atoms with Gasteiger partial charge in [0.1, 0.15) is 0 Å². The molecular formula is C17H23N3O2. The van der Waals surface area contributed by atoms with Crippen LogP contribution in [0.3, 0.4) is 0 Å². The number of rotatable bonds is 3. The minimum absolute atomic E-state index is 0.449. The lowest BCUT2D eigenvalue weighted by Gasteiger charge is -2.34. The van der Waals surface area contributed by atoms with E-state index in [4.69, 9.17) is 5.21 Å². The molecule has 0 aliphatic carbocycles. The highest BCUT2D eigenvalue weighted by atomic mass is 16.5. The van der Waals surface area contributed by atoms with Crippen molar-refractivity contribution in [3.63, 3.8) is 0 Å². The summed E-state index contributed by atoms with van der Waals surface area (Å²) in [6, 6.07) is 8.11. The van der Waals surface area contributed by atoms with Crippen LogP contribution >= 0.6 is 0 Å². The van der Waals surface area contributed by atoms with Gasteiger partial charge in [-0.25, -0.2) is 5.48 Å². The van der Waals surface area contributed by atoms with E-state index < -0.39 is 5.91 Å². The number of hydrogen-bond acceptors (Lipinski definition) is 4. The van der Waals surface area contributed by atoms with Gasteiger partial charge in [0.15, 0.2) is 0 Å². The average Bonchev–Trinajstić information content (AvgIpc) is 2.97. The molecule has 2 saturated heterocycles. The summed E-state index contributed by atoms with van der Waals surface area (Å²) in [4.78, 5) is 13.6. The van der Waals surface area contributed by atoms with Crippen molar-refractivity contribution in [2.75, 3.05) is 31.1 Å². The van der Waals surface area contributed by atoms with Gasteiger partial charge in [0.05, 0.1) is 0 Å². The summed E-state index contributed by atoms with van der Waals surface area (Å²) in [5.74, 6) is -0.508. The molecule has 5 nitrogen and oxygen atoms in total. The summed E-state index contributed by atoms with van der Waals surface area (Å²) >= 11 is 0. The molecule has 0 unspecified atom stereocenters. The lowest BCUT2D eigenvalue weighted by molar-refractivity contribution is -0.124. The average molecular weight is 301 g/mol. The first-order valence-corrected chi connectivity index (χ1v) is 7.89. The van der Waals surface area contributed by atoms with Crippen molar-refractivity contribution in [2.24, 2.45) is 5.41 Å². The molecule has 0 saturated carbocycles. The van der Waals surface area contributed by atoms with Crippen molar-refractivity contribution in [3.8, 4) is 0 Å². The Balaban J connectivity index is 1.78. The smallest absolute Gasteiger partial charge is 0.267 e. The lowest BCUT2D eigenvalue weighted by Crippen LogP contribution is -2.38. The van der Waals surface area contributed by atoms with Gasteiger partial charge in [0, 0.05) is 24.9 Å². The minimum atomic E-state index is -0.508. The molecule has 3 rings (SSSR count). The predicted molar refractivity (Wildman–Crippen MR) is 86.8 cm³/mol. The second kappa shape index (κ2) is 6.50. The summed E-state index contributed by atoms with van der Waals surface area (Å²) in [7, 11) is 0. The van der Waals surface area contributed by atoms with Gasteiger partial charge in [0.2, 0.25) is 0 Å². The molecule has 2 fully saturated rings. The number of amides is 1. The van der Waals surface area contributed by atoms with E-state index in [1.807, 2.05) is 18.2 Å². The molecule has 1 amide bonds. The molecular weight excluding hydrogens is 278 g/mol. The van der Waals surface area contributed by atoms with Gasteiger partial charge < -0.3 is 10.2 Å². The second-order valence-electron chi connectivity index (χ2n) is 6.29. The topological polar surface area (TPSA) is 64.6 Å². The van der Waals surface area contributed by atoms with E-state index in [9.17, 15) is 4.79 Å². The fraction of sp³-hybridized carbons (Fsp3) is 0.471. The first-order chi connectivity index (χ1) is 10.7. The second-order valence-corrected chi connectivity index (χ2v) is 6.29. The van der Waals surface area contributed by atoms with Crippen LogP contribution in [0.2, 0.25) is 0 Å². The number of anilines is 1. The van der Waals surface area contributed by atoms with E-state index in [1.165, 1.54) is 31.0 Å². The zero-order chi connectivity index (χ0) is 15.4. The van der Waals surface area contributed by atoms with Crippen LogP contribution in [0, 0.1) is 5.41 Å².